The third-order valence-corrected chi connectivity index (χ3v) is 3.24. The van der Waals surface area contributed by atoms with Crippen molar-refractivity contribution in [3.63, 3.8) is 0 Å². The van der Waals surface area contributed by atoms with E-state index in [2.05, 4.69) is 21.0 Å². The number of carbonyl (C=O) groups is 1. The molecule has 0 bridgehead atoms. The highest BCUT2D eigenvalue weighted by atomic mass is 79.9. The van der Waals surface area contributed by atoms with Crippen LogP contribution in [0.1, 0.15) is 19.4 Å². The van der Waals surface area contributed by atoms with E-state index in [1.54, 1.807) is 19.1 Å². The zero-order chi connectivity index (χ0) is 13.3. The highest BCUT2D eigenvalue weighted by Gasteiger charge is 2.20. The van der Waals surface area contributed by atoms with Crippen LogP contribution in [0.25, 0.3) is 10.8 Å². The van der Waals surface area contributed by atoms with Crippen LogP contribution in [0.4, 0.5) is 0 Å². The van der Waals surface area contributed by atoms with Gasteiger partial charge in [0.05, 0.1) is 11.6 Å². The molecule has 0 saturated heterocycles. The maximum atomic E-state index is 12.2. The molecule has 18 heavy (non-hydrogen) atoms. The van der Waals surface area contributed by atoms with Crippen molar-refractivity contribution in [2.45, 2.75) is 19.4 Å². The lowest BCUT2D eigenvalue weighted by atomic mass is 10.2. The van der Waals surface area contributed by atoms with Crippen LogP contribution < -0.4 is 5.56 Å². The maximum absolute atomic E-state index is 12.2. The Morgan fingerprint density at radius 2 is 2.28 bits per heavy atom. The van der Waals surface area contributed by atoms with Gasteiger partial charge in [0.15, 0.2) is 6.04 Å². The Hall–Kier alpha value is -1.69. The zero-order valence-electron chi connectivity index (χ0n) is 9.63. The summed E-state index contributed by atoms with van der Waals surface area (Å²) < 4.78 is 1.80. The number of fused-ring (bicyclic) bond motifs is 1. The van der Waals surface area contributed by atoms with E-state index in [1.165, 1.54) is 6.20 Å². The molecular formula is C12H11BrN2O3. The second kappa shape index (κ2) is 4.89. The van der Waals surface area contributed by atoms with Gasteiger partial charge >= 0.3 is 5.97 Å². The number of halogens is 1. The van der Waals surface area contributed by atoms with Crippen molar-refractivity contribution in [3.05, 3.63) is 39.2 Å². The molecule has 0 spiro atoms. The SMILES string of the molecule is CC[C@H](C(=O)O)n1ncc2ccc(Br)cc2c1=O. The Kier molecular flexibility index (Phi) is 3.47. The third-order valence-electron chi connectivity index (χ3n) is 2.74. The van der Waals surface area contributed by atoms with Crippen molar-refractivity contribution in [3.8, 4) is 0 Å². The van der Waals surface area contributed by atoms with E-state index >= 15 is 0 Å². The van der Waals surface area contributed by atoms with Crippen molar-refractivity contribution in [1.82, 2.24) is 9.78 Å². The molecule has 0 saturated carbocycles. The number of carboxylic acid groups (broad SMARTS) is 1. The second-order valence-corrected chi connectivity index (χ2v) is 4.80. The average molecular weight is 311 g/mol. The van der Waals surface area contributed by atoms with Crippen LogP contribution in [0.5, 0.6) is 0 Å². The van der Waals surface area contributed by atoms with Crippen molar-refractivity contribution in [2.24, 2.45) is 0 Å². The largest absolute Gasteiger partial charge is 0.480 e. The van der Waals surface area contributed by atoms with Gasteiger partial charge in [-0.15, -0.1) is 0 Å². The summed E-state index contributed by atoms with van der Waals surface area (Å²) in [6.45, 7) is 1.71. The summed E-state index contributed by atoms with van der Waals surface area (Å²) in [6, 6.07) is 4.31. The van der Waals surface area contributed by atoms with E-state index in [-0.39, 0.29) is 5.56 Å². The number of carboxylic acids is 1. The first-order valence-electron chi connectivity index (χ1n) is 5.44. The van der Waals surface area contributed by atoms with Gasteiger partial charge in [-0.25, -0.2) is 9.48 Å². The number of rotatable bonds is 3. The molecule has 1 aromatic carbocycles. The minimum atomic E-state index is -1.05. The summed E-state index contributed by atoms with van der Waals surface area (Å²) in [4.78, 5) is 23.3. The van der Waals surface area contributed by atoms with Gasteiger partial charge in [0.25, 0.3) is 5.56 Å². The van der Waals surface area contributed by atoms with Crippen molar-refractivity contribution >= 4 is 32.7 Å². The number of aromatic nitrogens is 2. The van der Waals surface area contributed by atoms with Gasteiger partial charge in [-0.05, 0) is 18.6 Å². The molecule has 0 radical (unpaired) electrons. The topological polar surface area (TPSA) is 72.2 Å². The van der Waals surface area contributed by atoms with Gasteiger partial charge in [-0.3, -0.25) is 4.79 Å². The summed E-state index contributed by atoms with van der Waals surface area (Å²) in [5.74, 6) is -1.05. The molecule has 0 fully saturated rings. The van der Waals surface area contributed by atoms with Crippen LogP contribution in [-0.2, 0) is 4.79 Å². The third kappa shape index (κ3) is 2.15. The number of aliphatic carboxylic acids is 1. The Balaban J connectivity index is 2.71. The van der Waals surface area contributed by atoms with Crippen molar-refractivity contribution in [1.29, 1.82) is 0 Å². The molecule has 6 heteroatoms. The number of hydrogen-bond donors (Lipinski definition) is 1. The van der Waals surface area contributed by atoms with Crippen molar-refractivity contribution in [2.75, 3.05) is 0 Å². The van der Waals surface area contributed by atoms with Gasteiger partial charge < -0.3 is 5.11 Å². The summed E-state index contributed by atoms with van der Waals surface area (Å²) in [6.07, 6.45) is 1.82. The molecule has 0 aliphatic heterocycles. The normalized spacial score (nSPS) is 12.6. The molecule has 0 aliphatic rings. The fourth-order valence-corrected chi connectivity index (χ4v) is 2.16. The maximum Gasteiger partial charge on any atom is 0.328 e. The van der Waals surface area contributed by atoms with Crippen LogP contribution >= 0.6 is 15.9 Å². The number of nitrogens with zero attached hydrogens (tertiary/aromatic N) is 2. The van der Waals surface area contributed by atoms with E-state index in [1.807, 2.05) is 6.07 Å². The van der Waals surface area contributed by atoms with Gasteiger partial charge in [-0.1, -0.05) is 28.9 Å². The van der Waals surface area contributed by atoms with E-state index in [9.17, 15) is 9.59 Å². The van der Waals surface area contributed by atoms with Gasteiger partial charge in [0.2, 0.25) is 0 Å². The van der Waals surface area contributed by atoms with Crippen LogP contribution in [0.2, 0.25) is 0 Å². The summed E-state index contributed by atoms with van der Waals surface area (Å²) in [7, 11) is 0. The minimum absolute atomic E-state index is 0.307. The first-order valence-corrected chi connectivity index (χ1v) is 6.23. The fourth-order valence-electron chi connectivity index (χ4n) is 1.80. The molecule has 0 aliphatic carbocycles. The molecule has 1 N–H and O–H groups in total. The molecule has 1 atom stereocenters. The van der Waals surface area contributed by atoms with Crippen LogP contribution in [-0.4, -0.2) is 20.9 Å². The Bertz CT molecular complexity index is 666. The Morgan fingerprint density at radius 3 is 2.89 bits per heavy atom. The molecule has 1 aromatic heterocycles. The standard InChI is InChI=1S/C12H11BrN2O3/c1-2-10(12(17)18)15-11(16)9-5-8(13)4-3-7(9)6-14-15/h3-6,10H,2H2,1H3,(H,17,18)/t10-/m1/s1. The molecule has 2 aromatic rings. The van der Waals surface area contributed by atoms with E-state index < -0.39 is 12.0 Å². The first kappa shape index (κ1) is 12.8. The predicted octanol–water partition coefficient (Wildman–Crippen LogP) is 2.19. The van der Waals surface area contributed by atoms with Crippen LogP contribution in [0.15, 0.2) is 33.7 Å². The molecular weight excluding hydrogens is 300 g/mol. The van der Waals surface area contributed by atoms with Gasteiger partial charge in [0, 0.05) is 9.86 Å². The Morgan fingerprint density at radius 1 is 1.56 bits per heavy atom. The highest BCUT2D eigenvalue weighted by molar-refractivity contribution is 9.10. The van der Waals surface area contributed by atoms with Gasteiger partial charge in [-0.2, -0.15) is 5.10 Å². The zero-order valence-corrected chi connectivity index (χ0v) is 11.2. The van der Waals surface area contributed by atoms with E-state index in [0.29, 0.717) is 17.2 Å². The minimum Gasteiger partial charge on any atom is -0.480 e. The summed E-state index contributed by atoms with van der Waals surface area (Å²) in [5.41, 5.74) is -0.386. The lowest BCUT2D eigenvalue weighted by Crippen LogP contribution is -2.31. The Labute approximate surface area is 111 Å². The average Bonchev–Trinajstić information content (AvgIpc) is 2.33. The van der Waals surface area contributed by atoms with Gasteiger partial charge in [0.1, 0.15) is 0 Å². The lowest BCUT2D eigenvalue weighted by molar-refractivity contribution is -0.141. The van der Waals surface area contributed by atoms with Crippen molar-refractivity contribution < 1.29 is 9.90 Å². The molecule has 0 amide bonds. The number of hydrogen-bond acceptors (Lipinski definition) is 3. The number of benzene rings is 1. The smallest absolute Gasteiger partial charge is 0.328 e. The monoisotopic (exact) mass is 310 g/mol. The van der Waals surface area contributed by atoms with Crippen LogP contribution in [0, 0.1) is 0 Å². The first-order chi connectivity index (χ1) is 8.54. The van der Waals surface area contributed by atoms with Crippen LogP contribution in [0.3, 0.4) is 0 Å². The lowest BCUT2D eigenvalue weighted by Gasteiger charge is -2.12. The molecule has 2 rings (SSSR count). The highest BCUT2D eigenvalue weighted by Crippen LogP contribution is 2.17. The summed E-state index contributed by atoms with van der Waals surface area (Å²) >= 11 is 3.29. The second-order valence-electron chi connectivity index (χ2n) is 3.89. The molecule has 5 nitrogen and oxygen atoms in total. The quantitative estimate of drug-likeness (QED) is 0.943. The summed E-state index contributed by atoms with van der Waals surface area (Å²) in [5, 5.41) is 14.2. The van der Waals surface area contributed by atoms with E-state index in [4.69, 9.17) is 5.11 Å². The fraction of sp³-hybridized carbons (Fsp3) is 0.250. The molecule has 0 unspecified atom stereocenters. The molecule has 94 valence electrons. The molecule has 1 heterocycles. The predicted molar refractivity (Wildman–Crippen MR) is 70.7 cm³/mol. The van der Waals surface area contributed by atoms with E-state index in [0.717, 1.165) is 9.15 Å².